The highest BCUT2D eigenvalue weighted by molar-refractivity contribution is 5.82. The quantitative estimate of drug-likeness (QED) is 0.847. The Balaban J connectivity index is 1.59. The smallest absolute Gasteiger partial charge is 0.253 e. The van der Waals surface area contributed by atoms with Crippen molar-refractivity contribution in [1.82, 2.24) is 10.3 Å². The van der Waals surface area contributed by atoms with E-state index in [1.807, 2.05) is 42.5 Å². The zero-order chi connectivity index (χ0) is 16.8. The highest BCUT2D eigenvalue weighted by atomic mass is 16.5. The number of rotatable bonds is 6. The maximum Gasteiger partial charge on any atom is 0.253 e. The van der Waals surface area contributed by atoms with Gasteiger partial charge in [-0.15, -0.1) is 0 Å². The summed E-state index contributed by atoms with van der Waals surface area (Å²) in [4.78, 5) is 16.8. The van der Waals surface area contributed by atoms with Crippen molar-refractivity contribution in [3.05, 3.63) is 65.5 Å². The molecule has 24 heavy (non-hydrogen) atoms. The number of pyridine rings is 1. The Bertz CT molecular complexity index is 675. The van der Waals surface area contributed by atoms with Gasteiger partial charge < -0.3 is 15.2 Å². The van der Waals surface area contributed by atoms with Crippen molar-refractivity contribution in [1.29, 1.82) is 0 Å². The van der Waals surface area contributed by atoms with Gasteiger partial charge in [-0.25, -0.2) is 0 Å². The number of carbonyl (C=O) groups excluding carboxylic acids is 1. The number of hydrogen-bond acceptors (Lipinski definition) is 4. The van der Waals surface area contributed by atoms with Crippen LogP contribution >= 0.6 is 0 Å². The van der Waals surface area contributed by atoms with Crippen molar-refractivity contribution in [3.63, 3.8) is 0 Å². The van der Waals surface area contributed by atoms with Crippen LogP contribution in [0.4, 0.5) is 0 Å². The highest BCUT2D eigenvalue weighted by Crippen LogP contribution is 2.26. The van der Waals surface area contributed by atoms with Crippen LogP contribution < -0.4 is 5.32 Å². The van der Waals surface area contributed by atoms with Crippen LogP contribution in [-0.4, -0.2) is 35.8 Å². The third-order valence-corrected chi connectivity index (χ3v) is 4.28. The number of fused-ring (bicyclic) bond motifs is 1. The Kier molecular flexibility index (Phi) is 5.56. The van der Waals surface area contributed by atoms with Gasteiger partial charge >= 0.3 is 0 Å². The molecule has 1 aliphatic heterocycles. The second kappa shape index (κ2) is 8.04. The van der Waals surface area contributed by atoms with Crippen LogP contribution in [0.2, 0.25) is 0 Å². The minimum Gasteiger partial charge on any atom is -0.396 e. The van der Waals surface area contributed by atoms with Gasteiger partial charge in [0, 0.05) is 31.0 Å². The summed E-state index contributed by atoms with van der Waals surface area (Å²) in [6.07, 6.45) is 2.62. The summed E-state index contributed by atoms with van der Waals surface area (Å²) in [5, 5.41) is 12.5. The molecular weight excluding hydrogens is 304 g/mol. The number of carbonyl (C=O) groups is 1. The first-order valence-electron chi connectivity index (χ1n) is 8.26. The summed E-state index contributed by atoms with van der Waals surface area (Å²) in [6, 6.07) is 13.6. The van der Waals surface area contributed by atoms with Gasteiger partial charge in [0.2, 0.25) is 0 Å². The number of benzene rings is 1. The number of amides is 1. The van der Waals surface area contributed by atoms with E-state index in [1.165, 1.54) is 0 Å². The number of aliphatic hydroxyl groups excluding tert-OH is 1. The minimum absolute atomic E-state index is 0.00103. The van der Waals surface area contributed by atoms with E-state index in [0.29, 0.717) is 19.6 Å². The molecule has 0 fully saturated rings. The number of nitrogens with one attached hydrogen (secondary N) is 1. The summed E-state index contributed by atoms with van der Waals surface area (Å²) in [5.41, 5.74) is 3.01. The first kappa shape index (κ1) is 16.6. The lowest BCUT2D eigenvalue weighted by molar-refractivity contribution is -0.134. The van der Waals surface area contributed by atoms with E-state index >= 15 is 0 Å². The molecule has 2 aromatic rings. The van der Waals surface area contributed by atoms with Gasteiger partial charge in [0.15, 0.2) is 6.10 Å². The van der Waals surface area contributed by atoms with Crippen LogP contribution in [0.15, 0.2) is 48.7 Å². The molecule has 3 rings (SSSR count). The van der Waals surface area contributed by atoms with Gasteiger partial charge in [0.05, 0.1) is 6.61 Å². The van der Waals surface area contributed by atoms with E-state index < -0.39 is 6.10 Å². The molecule has 1 aromatic carbocycles. The molecule has 0 saturated heterocycles. The normalized spacial score (nSPS) is 17.8. The fourth-order valence-electron chi connectivity index (χ4n) is 2.96. The molecule has 2 unspecified atom stereocenters. The Morgan fingerprint density at radius 1 is 1.29 bits per heavy atom. The Labute approximate surface area is 141 Å². The fourth-order valence-corrected chi connectivity index (χ4v) is 2.96. The van der Waals surface area contributed by atoms with Crippen molar-refractivity contribution in [2.75, 3.05) is 19.8 Å². The van der Waals surface area contributed by atoms with Crippen LogP contribution in [0.3, 0.4) is 0 Å². The Morgan fingerprint density at radius 2 is 2.12 bits per heavy atom. The van der Waals surface area contributed by atoms with E-state index in [2.05, 4.69) is 10.3 Å². The van der Waals surface area contributed by atoms with E-state index in [4.69, 9.17) is 4.74 Å². The molecule has 2 heterocycles. The average molecular weight is 326 g/mol. The molecule has 0 spiro atoms. The number of hydrogen-bond donors (Lipinski definition) is 2. The van der Waals surface area contributed by atoms with Gasteiger partial charge in [-0.3, -0.25) is 9.78 Å². The zero-order valence-corrected chi connectivity index (χ0v) is 13.5. The van der Waals surface area contributed by atoms with Gasteiger partial charge in [0.1, 0.15) is 0 Å². The second-order valence-corrected chi connectivity index (χ2v) is 6.02. The highest BCUT2D eigenvalue weighted by Gasteiger charge is 2.27. The van der Waals surface area contributed by atoms with Gasteiger partial charge in [-0.2, -0.15) is 0 Å². The number of nitrogens with zero attached hydrogens (tertiary/aromatic N) is 1. The molecular formula is C19H22N2O3. The number of aromatic nitrogens is 1. The molecule has 0 saturated carbocycles. The lowest BCUT2D eigenvalue weighted by atomic mass is 9.97. The molecule has 1 amide bonds. The van der Waals surface area contributed by atoms with Crippen LogP contribution in [0.5, 0.6) is 0 Å². The summed E-state index contributed by atoms with van der Waals surface area (Å²) >= 11 is 0. The maximum atomic E-state index is 12.5. The summed E-state index contributed by atoms with van der Waals surface area (Å²) in [5.74, 6) is -0.218. The molecule has 2 N–H and O–H groups in total. The van der Waals surface area contributed by atoms with Crippen LogP contribution in [-0.2, 0) is 22.4 Å². The van der Waals surface area contributed by atoms with Crippen LogP contribution in [0.25, 0.3) is 0 Å². The monoisotopic (exact) mass is 326 g/mol. The number of ether oxygens (including phenoxy) is 1. The predicted octanol–water partition coefficient (Wildman–Crippen LogP) is 1.66. The molecule has 2 atom stereocenters. The van der Waals surface area contributed by atoms with E-state index in [-0.39, 0.29) is 18.4 Å². The zero-order valence-electron chi connectivity index (χ0n) is 13.5. The second-order valence-electron chi connectivity index (χ2n) is 6.02. The van der Waals surface area contributed by atoms with Crippen molar-refractivity contribution in [2.24, 2.45) is 5.92 Å². The first-order valence-corrected chi connectivity index (χ1v) is 8.26. The van der Waals surface area contributed by atoms with E-state index in [1.54, 1.807) is 6.20 Å². The van der Waals surface area contributed by atoms with Crippen molar-refractivity contribution >= 4 is 5.91 Å². The summed E-state index contributed by atoms with van der Waals surface area (Å²) < 4.78 is 5.66. The SMILES string of the molecule is O=C(NCC(CO)Cc1ccccn1)C1OCCc2ccccc21. The predicted molar refractivity (Wildman–Crippen MR) is 90.4 cm³/mol. The maximum absolute atomic E-state index is 12.5. The lowest BCUT2D eigenvalue weighted by Gasteiger charge is -2.26. The molecule has 5 nitrogen and oxygen atoms in total. The van der Waals surface area contributed by atoms with Crippen molar-refractivity contribution in [3.8, 4) is 0 Å². The third kappa shape index (κ3) is 3.99. The Hall–Kier alpha value is -2.24. The van der Waals surface area contributed by atoms with Crippen molar-refractivity contribution < 1.29 is 14.6 Å². The first-order chi connectivity index (χ1) is 11.8. The molecule has 0 bridgehead atoms. The van der Waals surface area contributed by atoms with Crippen molar-refractivity contribution in [2.45, 2.75) is 18.9 Å². The van der Waals surface area contributed by atoms with E-state index in [9.17, 15) is 9.90 Å². The lowest BCUT2D eigenvalue weighted by Crippen LogP contribution is -2.37. The van der Waals surface area contributed by atoms with Crippen LogP contribution in [0, 0.1) is 5.92 Å². The number of aliphatic hydroxyl groups is 1. The summed E-state index contributed by atoms with van der Waals surface area (Å²) in [7, 11) is 0. The van der Waals surface area contributed by atoms with Gasteiger partial charge in [-0.05, 0) is 36.1 Å². The largest absolute Gasteiger partial charge is 0.396 e. The minimum atomic E-state index is -0.566. The Morgan fingerprint density at radius 3 is 2.92 bits per heavy atom. The standard InChI is InChI=1S/C19H22N2O3/c22-13-14(11-16-6-3-4-9-20-16)12-21-19(23)18-17-7-2-1-5-15(17)8-10-24-18/h1-7,9,14,18,22H,8,10-13H2,(H,21,23). The molecule has 0 aliphatic carbocycles. The average Bonchev–Trinajstić information content (AvgIpc) is 2.65. The molecule has 1 aliphatic rings. The van der Waals surface area contributed by atoms with Gasteiger partial charge in [-0.1, -0.05) is 30.3 Å². The molecule has 5 heteroatoms. The van der Waals surface area contributed by atoms with E-state index in [0.717, 1.165) is 23.2 Å². The third-order valence-electron chi connectivity index (χ3n) is 4.28. The molecule has 126 valence electrons. The van der Waals surface area contributed by atoms with Gasteiger partial charge in [0.25, 0.3) is 5.91 Å². The molecule has 1 aromatic heterocycles. The molecule has 0 radical (unpaired) electrons. The summed E-state index contributed by atoms with van der Waals surface area (Å²) in [6.45, 7) is 0.944. The van der Waals surface area contributed by atoms with Crippen LogP contribution in [0.1, 0.15) is 22.9 Å². The fraction of sp³-hybridized carbons (Fsp3) is 0.368. The topological polar surface area (TPSA) is 71.5 Å².